The van der Waals surface area contributed by atoms with Gasteiger partial charge in [0, 0.05) is 18.6 Å². The highest BCUT2D eigenvalue weighted by Crippen LogP contribution is 2.29. The molecule has 0 radical (unpaired) electrons. The number of nitrogens with one attached hydrogen (secondary N) is 1. The number of carbonyl (C=O) groups excluding carboxylic acids is 1. The van der Waals surface area contributed by atoms with Crippen LogP contribution in [0.15, 0.2) is 24.3 Å². The second kappa shape index (κ2) is 6.37. The van der Waals surface area contributed by atoms with Crippen molar-refractivity contribution in [1.29, 1.82) is 0 Å². The number of hydrogen-bond donors (Lipinski definition) is 1. The molecular weight excluding hydrogens is 312 g/mol. The fourth-order valence-corrected chi connectivity index (χ4v) is 3.19. The van der Waals surface area contributed by atoms with Crippen molar-refractivity contribution in [2.45, 2.75) is 26.7 Å². The average molecular weight is 330 g/mol. The molecule has 3 rings (SSSR count). The quantitative estimate of drug-likeness (QED) is 0.777. The average Bonchev–Trinajstić information content (AvgIpc) is 3.09. The van der Waals surface area contributed by atoms with Crippen molar-refractivity contribution in [3.8, 4) is 10.9 Å². The van der Waals surface area contributed by atoms with Crippen molar-refractivity contribution < 1.29 is 9.53 Å². The van der Waals surface area contributed by atoms with Gasteiger partial charge in [0.25, 0.3) is 0 Å². The maximum Gasteiger partial charge on any atom is 0.225 e. The number of carbonyl (C=O) groups is 1. The number of hydrogen-bond acceptors (Lipinski definition) is 5. The van der Waals surface area contributed by atoms with Crippen LogP contribution in [0.5, 0.6) is 5.75 Å². The lowest BCUT2D eigenvalue weighted by molar-refractivity contribution is -0.116. The van der Waals surface area contributed by atoms with Gasteiger partial charge in [0.15, 0.2) is 0 Å². The molecule has 6 nitrogen and oxygen atoms in total. The van der Waals surface area contributed by atoms with Crippen LogP contribution in [0.2, 0.25) is 0 Å². The summed E-state index contributed by atoms with van der Waals surface area (Å²) in [5.74, 6) is 1.39. The first-order valence-corrected chi connectivity index (χ1v) is 8.24. The topological polar surface area (TPSA) is 69.0 Å². The molecule has 1 amide bonds. The van der Waals surface area contributed by atoms with Crippen molar-refractivity contribution in [3.63, 3.8) is 0 Å². The third kappa shape index (κ3) is 3.19. The van der Waals surface area contributed by atoms with Gasteiger partial charge in [-0.2, -0.15) is 9.78 Å². The first-order valence-electron chi connectivity index (χ1n) is 7.42. The summed E-state index contributed by atoms with van der Waals surface area (Å²) in [6, 6.07) is 7.62. The number of fused-ring (bicyclic) bond motifs is 1. The molecule has 0 bridgehead atoms. The summed E-state index contributed by atoms with van der Waals surface area (Å²) in [6.45, 7) is 3.87. The molecule has 1 aromatic carbocycles. The zero-order valence-corrected chi connectivity index (χ0v) is 14.1. The number of benzene rings is 1. The molecule has 0 atom stereocenters. The Bertz CT molecular complexity index is 853. The Kier molecular flexibility index (Phi) is 4.29. The molecule has 2 aromatic heterocycles. The van der Waals surface area contributed by atoms with Gasteiger partial charge in [-0.15, -0.1) is 0 Å². The van der Waals surface area contributed by atoms with Crippen molar-refractivity contribution in [2.24, 2.45) is 0 Å². The predicted octanol–water partition coefficient (Wildman–Crippen LogP) is 3.54. The van der Waals surface area contributed by atoms with Gasteiger partial charge in [-0.25, -0.2) is 4.98 Å². The van der Waals surface area contributed by atoms with E-state index in [2.05, 4.69) is 15.4 Å². The van der Waals surface area contributed by atoms with Gasteiger partial charge in [0.2, 0.25) is 11.0 Å². The van der Waals surface area contributed by atoms with E-state index in [9.17, 15) is 4.79 Å². The van der Waals surface area contributed by atoms with Crippen LogP contribution in [0.25, 0.3) is 15.3 Å². The fraction of sp³-hybridized carbons (Fsp3) is 0.312. The molecule has 0 saturated carbocycles. The number of aromatic nitrogens is 3. The van der Waals surface area contributed by atoms with Crippen LogP contribution in [0.3, 0.4) is 0 Å². The van der Waals surface area contributed by atoms with E-state index in [0.29, 0.717) is 17.4 Å². The summed E-state index contributed by atoms with van der Waals surface area (Å²) in [7, 11) is 1.63. The number of nitrogens with zero attached hydrogens (tertiary/aromatic N) is 3. The first kappa shape index (κ1) is 15.5. The first-order chi connectivity index (χ1) is 11.1. The monoisotopic (exact) mass is 330 g/mol. The fourth-order valence-electron chi connectivity index (χ4n) is 2.28. The zero-order chi connectivity index (χ0) is 16.4. The van der Waals surface area contributed by atoms with E-state index in [4.69, 9.17) is 4.74 Å². The van der Waals surface area contributed by atoms with Gasteiger partial charge in [-0.3, -0.25) is 4.79 Å². The van der Waals surface area contributed by atoms with Gasteiger partial charge < -0.3 is 10.1 Å². The molecule has 0 saturated heterocycles. The van der Waals surface area contributed by atoms with E-state index >= 15 is 0 Å². The Morgan fingerprint density at radius 2 is 2.22 bits per heavy atom. The molecule has 0 aliphatic rings. The molecule has 0 aliphatic heterocycles. The summed E-state index contributed by atoms with van der Waals surface area (Å²) in [6.07, 6.45) is 1.29. The van der Waals surface area contributed by atoms with Crippen LogP contribution in [0.1, 0.15) is 25.5 Å². The number of rotatable bonds is 5. The minimum absolute atomic E-state index is 0.0172. The lowest BCUT2D eigenvalue weighted by Crippen LogP contribution is -2.14. The van der Waals surface area contributed by atoms with Crippen molar-refractivity contribution in [1.82, 2.24) is 14.8 Å². The second-order valence-electron chi connectivity index (χ2n) is 5.21. The molecule has 2 heterocycles. The highest BCUT2D eigenvalue weighted by atomic mass is 32.1. The summed E-state index contributed by atoms with van der Waals surface area (Å²) in [5, 5.41) is 8.07. The predicted molar refractivity (Wildman–Crippen MR) is 91.6 cm³/mol. The maximum atomic E-state index is 11.9. The van der Waals surface area contributed by atoms with Crippen LogP contribution in [0, 0.1) is 6.92 Å². The Morgan fingerprint density at radius 1 is 1.39 bits per heavy atom. The molecule has 120 valence electrons. The van der Waals surface area contributed by atoms with E-state index < -0.39 is 0 Å². The Labute approximate surface area is 138 Å². The maximum absolute atomic E-state index is 11.9. The zero-order valence-electron chi connectivity index (χ0n) is 13.3. The molecule has 0 fully saturated rings. The molecular formula is C16H18N4O2S. The van der Waals surface area contributed by atoms with E-state index in [1.807, 2.05) is 38.1 Å². The van der Waals surface area contributed by atoms with E-state index in [0.717, 1.165) is 28.1 Å². The largest absolute Gasteiger partial charge is 0.497 e. The van der Waals surface area contributed by atoms with E-state index in [1.54, 1.807) is 11.8 Å². The minimum Gasteiger partial charge on any atom is -0.497 e. The van der Waals surface area contributed by atoms with Gasteiger partial charge in [0.1, 0.15) is 11.6 Å². The molecule has 0 unspecified atom stereocenters. The number of ether oxygens (including phenoxy) is 1. The van der Waals surface area contributed by atoms with Crippen LogP contribution >= 0.6 is 11.3 Å². The lowest BCUT2D eigenvalue weighted by Gasteiger charge is -2.05. The highest BCUT2D eigenvalue weighted by molar-refractivity contribution is 7.20. The number of anilines is 1. The van der Waals surface area contributed by atoms with Gasteiger partial charge in [0.05, 0.1) is 23.0 Å². The normalized spacial score (nSPS) is 10.9. The SMILES string of the molecule is CCCC(=O)Nc1cc(C)nn1-c1nc2cc(OC)ccc2s1. The molecule has 7 heteroatoms. The van der Waals surface area contributed by atoms with Gasteiger partial charge in [-0.05, 0) is 25.5 Å². The van der Waals surface area contributed by atoms with Crippen LogP contribution in [-0.2, 0) is 4.79 Å². The molecule has 0 aliphatic carbocycles. The van der Waals surface area contributed by atoms with Crippen LogP contribution in [-0.4, -0.2) is 27.8 Å². The number of amides is 1. The van der Waals surface area contributed by atoms with Gasteiger partial charge in [-0.1, -0.05) is 18.3 Å². The van der Waals surface area contributed by atoms with Gasteiger partial charge >= 0.3 is 0 Å². The third-order valence-corrected chi connectivity index (χ3v) is 4.35. The summed E-state index contributed by atoms with van der Waals surface area (Å²) >= 11 is 1.52. The smallest absolute Gasteiger partial charge is 0.225 e. The van der Waals surface area contributed by atoms with Crippen molar-refractivity contribution >= 4 is 33.3 Å². The van der Waals surface area contributed by atoms with Crippen molar-refractivity contribution in [3.05, 3.63) is 30.0 Å². The Hall–Kier alpha value is -2.41. The number of thiazole rings is 1. The molecule has 1 N–H and O–H groups in total. The number of aryl methyl sites for hydroxylation is 1. The summed E-state index contributed by atoms with van der Waals surface area (Å²) in [4.78, 5) is 16.5. The van der Waals surface area contributed by atoms with Crippen molar-refractivity contribution in [2.75, 3.05) is 12.4 Å². The lowest BCUT2D eigenvalue weighted by atomic mass is 10.3. The highest BCUT2D eigenvalue weighted by Gasteiger charge is 2.14. The number of methoxy groups -OCH3 is 1. The standard InChI is InChI=1S/C16H18N4O2S/c1-4-5-15(21)18-14-8-10(2)19-20(14)16-17-12-9-11(22-3)6-7-13(12)23-16/h6-9H,4-5H2,1-3H3,(H,18,21). The van der Waals surface area contributed by atoms with Crippen LogP contribution < -0.4 is 10.1 Å². The molecule has 3 aromatic rings. The Morgan fingerprint density at radius 3 is 2.96 bits per heavy atom. The minimum atomic E-state index is -0.0172. The summed E-state index contributed by atoms with van der Waals surface area (Å²) < 4.78 is 7.95. The van der Waals surface area contributed by atoms with E-state index in [-0.39, 0.29) is 5.91 Å². The van der Waals surface area contributed by atoms with Crippen LogP contribution in [0.4, 0.5) is 5.82 Å². The summed E-state index contributed by atoms with van der Waals surface area (Å²) in [5.41, 5.74) is 1.68. The molecule has 0 spiro atoms. The second-order valence-corrected chi connectivity index (χ2v) is 6.22. The third-order valence-electron chi connectivity index (χ3n) is 3.34. The Balaban J connectivity index is 1.99. The molecule has 23 heavy (non-hydrogen) atoms. The van der Waals surface area contributed by atoms with E-state index in [1.165, 1.54) is 11.3 Å².